The number of nitro benzene ring substituents is 1. The summed E-state index contributed by atoms with van der Waals surface area (Å²) >= 11 is 3.34. The Labute approximate surface area is 123 Å². The number of hydrogen-bond donors (Lipinski definition) is 0. The van der Waals surface area contributed by atoms with Gasteiger partial charge in [-0.1, -0.05) is 36.4 Å². The highest BCUT2D eigenvalue weighted by molar-refractivity contribution is 9.10. The molecular formula is C16H8BrNO2. The molecule has 0 bridgehead atoms. The molecule has 0 aromatic heterocycles. The average Bonchev–Trinajstić information content (AvgIpc) is 2.75. The van der Waals surface area contributed by atoms with Crippen LogP contribution in [0.5, 0.6) is 0 Å². The maximum absolute atomic E-state index is 11.3. The third-order valence-corrected chi connectivity index (χ3v) is 4.38. The lowest BCUT2D eigenvalue weighted by molar-refractivity contribution is -0.383. The molecule has 0 saturated heterocycles. The fourth-order valence-corrected chi connectivity index (χ4v) is 3.60. The van der Waals surface area contributed by atoms with Crippen molar-refractivity contribution < 1.29 is 4.92 Å². The average molecular weight is 326 g/mol. The first-order valence-electron chi connectivity index (χ1n) is 6.18. The maximum atomic E-state index is 11.3. The van der Waals surface area contributed by atoms with E-state index in [0.29, 0.717) is 9.86 Å². The standard InChI is InChI=1S/C16H8BrNO2/c17-14-8-13-10-5-2-1-4-9(10)11-6-3-7-12(15(11)13)16(14)18(19)20/h1-8H. The molecule has 4 heteroatoms. The van der Waals surface area contributed by atoms with Crippen molar-refractivity contribution in [1.82, 2.24) is 0 Å². The summed E-state index contributed by atoms with van der Waals surface area (Å²) in [6, 6.07) is 15.7. The van der Waals surface area contributed by atoms with Gasteiger partial charge in [0.2, 0.25) is 0 Å². The lowest BCUT2D eigenvalue weighted by atomic mass is 10.0. The number of rotatable bonds is 1. The van der Waals surface area contributed by atoms with E-state index in [1.807, 2.05) is 36.4 Å². The lowest BCUT2D eigenvalue weighted by Crippen LogP contribution is -1.92. The molecule has 0 heterocycles. The van der Waals surface area contributed by atoms with E-state index >= 15 is 0 Å². The van der Waals surface area contributed by atoms with E-state index < -0.39 is 0 Å². The monoisotopic (exact) mass is 325 g/mol. The minimum Gasteiger partial charge on any atom is -0.258 e. The van der Waals surface area contributed by atoms with Crippen molar-refractivity contribution >= 4 is 32.4 Å². The van der Waals surface area contributed by atoms with Gasteiger partial charge in [0.1, 0.15) is 0 Å². The molecule has 0 N–H and O–H groups in total. The van der Waals surface area contributed by atoms with E-state index in [1.165, 1.54) is 0 Å². The van der Waals surface area contributed by atoms with Crippen molar-refractivity contribution in [2.24, 2.45) is 0 Å². The molecule has 0 amide bonds. The Hall–Kier alpha value is -2.20. The van der Waals surface area contributed by atoms with Crippen molar-refractivity contribution in [2.45, 2.75) is 0 Å². The number of fused-ring (bicyclic) bond motifs is 3. The summed E-state index contributed by atoms with van der Waals surface area (Å²) < 4.78 is 0.527. The van der Waals surface area contributed by atoms with E-state index in [9.17, 15) is 10.1 Å². The van der Waals surface area contributed by atoms with Crippen LogP contribution in [0.15, 0.2) is 53.0 Å². The molecule has 0 unspecified atom stereocenters. The molecule has 0 radical (unpaired) electrons. The van der Waals surface area contributed by atoms with Gasteiger partial charge in [-0.05, 0) is 50.3 Å². The van der Waals surface area contributed by atoms with Crippen LogP contribution in [0.3, 0.4) is 0 Å². The molecule has 4 rings (SSSR count). The molecule has 20 heavy (non-hydrogen) atoms. The smallest absolute Gasteiger partial charge is 0.258 e. The van der Waals surface area contributed by atoms with Crippen LogP contribution in [0, 0.1) is 10.1 Å². The van der Waals surface area contributed by atoms with Gasteiger partial charge in [0.25, 0.3) is 5.69 Å². The SMILES string of the molecule is O=[N+]([O-])c1c(Br)cc2c3c(cccc13)-c1ccccc1-2. The van der Waals surface area contributed by atoms with Gasteiger partial charge in [0, 0.05) is 5.39 Å². The van der Waals surface area contributed by atoms with Gasteiger partial charge in [-0.3, -0.25) is 10.1 Å². The van der Waals surface area contributed by atoms with Crippen molar-refractivity contribution in [3.8, 4) is 22.3 Å². The number of halogens is 1. The summed E-state index contributed by atoms with van der Waals surface area (Å²) in [7, 11) is 0. The minimum atomic E-state index is -0.323. The second kappa shape index (κ2) is 3.90. The molecule has 3 aromatic carbocycles. The van der Waals surface area contributed by atoms with Crippen LogP contribution in [0.1, 0.15) is 0 Å². The number of benzene rings is 3. The summed E-state index contributed by atoms with van der Waals surface area (Å²) in [5.74, 6) is 0. The zero-order chi connectivity index (χ0) is 13.9. The molecule has 1 aliphatic carbocycles. The third kappa shape index (κ3) is 1.34. The predicted molar refractivity (Wildman–Crippen MR) is 82.7 cm³/mol. The Balaban J connectivity index is 2.26. The molecule has 96 valence electrons. The van der Waals surface area contributed by atoms with E-state index in [0.717, 1.165) is 27.6 Å². The van der Waals surface area contributed by atoms with Gasteiger partial charge in [-0.15, -0.1) is 0 Å². The van der Waals surface area contributed by atoms with Gasteiger partial charge in [-0.2, -0.15) is 0 Å². The van der Waals surface area contributed by atoms with Crippen LogP contribution in [-0.2, 0) is 0 Å². The van der Waals surface area contributed by atoms with Gasteiger partial charge in [-0.25, -0.2) is 0 Å². The van der Waals surface area contributed by atoms with Crippen LogP contribution in [0.25, 0.3) is 33.0 Å². The highest BCUT2D eigenvalue weighted by Crippen LogP contribution is 2.50. The van der Waals surface area contributed by atoms with Crippen LogP contribution in [0.4, 0.5) is 5.69 Å². The molecule has 0 spiro atoms. The molecule has 0 aliphatic heterocycles. The first-order valence-corrected chi connectivity index (χ1v) is 6.97. The summed E-state index contributed by atoms with van der Waals surface area (Å²) in [5.41, 5.74) is 4.54. The number of nitrogens with zero attached hydrogens (tertiary/aromatic N) is 1. The zero-order valence-corrected chi connectivity index (χ0v) is 11.8. The van der Waals surface area contributed by atoms with Crippen molar-refractivity contribution in [2.75, 3.05) is 0 Å². The largest absolute Gasteiger partial charge is 0.291 e. The third-order valence-electron chi connectivity index (χ3n) is 3.78. The molecule has 0 saturated carbocycles. The first-order chi connectivity index (χ1) is 9.68. The van der Waals surface area contributed by atoms with E-state index in [2.05, 4.69) is 28.1 Å². The van der Waals surface area contributed by atoms with Crippen molar-refractivity contribution in [1.29, 1.82) is 0 Å². The van der Waals surface area contributed by atoms with Crippen molar-refractivity contribution in [3.05, 3.63) is 63.1 Å². The Morgan fingerprint density at radius 2 is 1.55 bits per heavy atom. The van der Waals surface area contributed by atoms with Gasteiger partial charge in [0.15, 0.2) is 0 Å². The molecule has 1 aliphatic rings. The second-order valence-electron chi connectivity index (χ2n) is 4.79. The Kier molecular flexibility index (Phi) is 2.26. The molecule has 3 aromatic rings. The van der Waals surface area contributed by atoms with Gasteiger partial charge < -0.3 is 0 Å². The maximum Gasteiger partial charge on any atom is 0.291 e. The quantitative estimate of drug-likeness (QED) is 0.358. The summed E-state index contributed by atoms with van der Waals surface area (Å²) in [4.78, 5) is 11.0. The zero-order valence-electron chi connectivity index (χ0n) is 10.3. The summed E-state index contributed by atoms with van der Waals surface area (Å²) in [5, 5.41) is 13.0. The number of hydrogen-bond acceptors (Lipinski definition) is 2. The minimum absolute atomic E-state index is 0.137. The van der Waals surface area contributed by atoms with E-state index in [4.69, 9.17) is 0 Å². The first kappa shape index (κ1) is 11.6. The normalized spacial score (nSPS) is 11.7. The Morgan fingerprint density at radius 3 is 2.25 bits per heavy atom. The fourth-order valence-electron chi connectivity index (χ4n) is 3.01. The van der Waals surface area contributed by atoms with E-state index in [-0.39, 0.29) is 10.6 Å². The van der Waals surface area contributed by atoms with Crippen LogP contribution < -0.4 is 0 Å². The molecule has 3 nitrogen and oxygen atoms in total. The topological polar surface area (TPSA) is 43.1 Å². The molecule has 0 atom stereocenters. The fraction of sp³-hybridized carbons (Fsp3) is 0. The highest BCUT2D eigenvalue weighted by atomic mass is 79.9. The summed E-state index contributed by atoms with van der Waals surface area (Å²) in [6.07, 6.45) is 0. The Morgan fingerprint density at radius 1 is 0.900 bits per heavy atom. The van der Waals surface area contributed by atoms with Gasteiger partial charge in [0.05, 0.1) is 14.8 Å². The van der Waals surface area contributed by atoms with E-state index in [1.54, 1.807) is 0 Å². The Bertz CT molecular complexity index is 902. The predicted octanol–water partition coefficient (Wildman–Crippen LogP) is 5.16. The number of nitro groups is 1. The highest BCUT2D eigenvalue weighted by Gasteiger charge is 2.27. The van der Waals surface area contributed by atoms with Crippen LogP contribution >= 0.6 is 15.9 Å². The van der Waals surface area contributed by atoms with Gasteiger partial charge >= 0.3 is 0 Å². The van der Waals surface area contributed by atoms with Crippen molar-refractivity contribution in [3.63, 3.8) is 0 Å². The lowest BCUT2D eigenvalue weighted by Gasteiger charge is -2.05. The van der Waals surface area contributed by atoms with Crippen LogP contribution in [-0.4, -0.2) is 4.92 Å². The molecule has 0 fully saturated rings. The second-order valence-corrected chi connectivity index (χ2v) is 5.64. The molecular weight excluding hydrogens is 318 g/mol. The summed E-state index contributed by atoms with van der Waals surface area (Å²) in [6.45, 7) is 0. The van der Waals surface area contributed by atoms with Crippen LogP contribution in [0.2, 0.25) is 0 Å².